The maximum absolute atomic E-state index is 13.1. The van der Waals surface area contributed by atoms with Gasteiger partial charge in [0.25, 0.3) is 0 Å². The van der Waals surface area contributed by atoms with Crippen LogP contribution >= 0.6 is 0 Å². The third kappa shape index (κ3) is 2.13. The van der Waals surface area contributed by atoms with E-state index < -0.39 is 0 Å². The van der Waals surface area contributed by atoms with Crippen molar-refractivity contribution in [2.24, 2.45) is 0 Å². The first-order valence-corrected chi connectivity index (χ1v) is 4.63. The maximum Gasteiger partial charge on any atom is 0.125 e. The number of benzene rings is 1. The molecule has 1 heterocycles. The van der Waals surface area contributed by atoms with Crippen LogP contribution in [0.3, 0.4) is 0 Å². The van der Waals surface area contributed by atoms with E-state index in [0.29, 0.717) is 5.69 Å². The van der Waals surface area contributed by atoms with E-state index in [-0.39, 0.29) is 5.82 Å². The molecule has 0 fully saturated rings. The van der Waals surface area contributed by atoms with Gasteiger partial charge in [-0.1, -0.05) is 0 Å². The number of rotatable bonds is 1. The zero-order valence-electron chi connectivity index (χ0n) is 8.37. The van der Waals surface area contributed by atoms with Gasteiger partial charge in [0.05, 0.1) is 0 Å². The summed E-state index contributed by atoms with van der Waals surface area (Å²) in [5.41, 5.74) is 8.66. The van der Waals surface area contributed by atoms with E-state index in [2.05, 4.69) is 4.98 Å². The van der Waals surface area contributed by atoms with Crippen molar-refractivity contribution in [3.8, 4) is 11.1 Å². The smallest absolute Gasteiger partial charge is 0.125 e. The number of anilines is 1. The Morgan fingerprint density at radius 3 is 2.53 bits per heavy atom. The van der Waals surface area contributed by atoms with Crippen molar-refractivity contribution in [2.45, 2.75) is 6.92 Å². The van der Waals surface area contributed by atoms with Gasteiger partial charge in [-0.05, 0) is 42.3 Å². The molecule has 0 saturated carbocycles. The van der Waals surface area contributed by atoms with E-state index in [1.165, 1.54) is 12.1 Å². The van der Waals surface area contributed by atoms with Crippen LogP contribution in [0.2, 0.25) is 0 Å². The molecule has 0 amide bonds. The number of nitrogens with two attached hydrogens (primary N) is 1. The molecule has 2 nitrogen and oxygen atoms in total. The second-order valence-corrected chi connectivity index (χ2v) is 3.52. The molecular formula is C12H11FN2. The molecule has 2 rings (SSSR count). The Morgan fingerprint density at radius 2 is 1.87 bits per heavy atom. The summed E-state index contributed by atoms with van der Waals surface area (Å²) >= 11 is 0. The Kier molecular flexibility index (Phi) is 2.37. The minimum absolute atomic E-state index is 0.327. The van der Waals surface area contributed by atoms with Crippen molar-refractivity contribution in [3.63, 3.8) is 0 Å². The molecule has 0 unspecified atom stereocenters. The van der Waals surface area contributed by atoms with Crippen molar-refractivity contribution in [1.82, 2.24) is 4.98 Å². The minimum Gasteiger partial charge on any atom is -0.399 e. The van der Waals surface area contributed by atoms with Crippen LogP contribution in [-0.2, 0) is 0 Å². The van der Waals surface area contributed by atoms with Gasteiger partial charge < -0.3 is 5.73 Å². The summed E-state index contributed by atoms with van der Waals surface area (Å²) < 4.78 is 13.1. The van der Waals surface area contributed by atoms with Gasteiger partial charge in [0.1, 0.15) is 5.82 Å². The fourth-order valence-corrected chi connectivity index (χ4v) is 1.49. The predicted molar refractivity (Wildman–Crippen MR) is 58.8 cm³/mol. The Labute approximate surface area is 87.6 Å². The molecule has 0 saturated heterocycles. The van der Waals surface area contributed by atoms with Gasteiger partial charge in [-0.3, -0.25) is 4.98 Å². The van der Waals surface area contributed by atoms with E-state index in [9.17, 15) is 4.39 Å². The summed E-state index contributed by atoms with van der Waals surface area (Å²) in [6.45, 7) is 1.94. The topological polar surface area (TPSA) is 38.9 Å². The number of pyridine rings is 1. The average Bonchev–Trinajstić information content (AvgIpc) is 2.16. The third-order valence-corrected chi connectivity index (χ3v) is 2.13. The minimum atomic E-state index is -0.327. The Morgan fingerprint density at radius 1 is 1.07 bits per heavy atom. The van der Waals surface area contributed by atoms with Gasteiger partial charge in [0, 0.05) is 23.6 Å². The van der Waals surface area contributed by atoms with Crippen molar-refractivity contribution in [3.05, 3.63) is 48.0 Å². The second kappa shape index (κ2) is 3.69. The summed E-state index contributed by atoms with van der Waals surface area (Å²) in [4.78, 5) is 4.06. The van der Waals surface area contributed by atoms with Crippen molar-refractivity contribution >= 4 is 5.69 Å². The summed E-state index contributed by atoms with van der Waals surface area (Å²) in [6, 6.07) is 6.43. The van der Waals surface area contributed by atoms with E-state index >= 15 is 0 Å². The molecule has 2 aromatic rings. The van der Waals surface area contributed by atoms with E-state index in [1.807, 2.05) is 13.0 Å². The fraction of sp³-hybridized carbons (Fsp3) is 0.0833. The zero-order valence-corrected chi connectivity index (χ0v) is 8.37. The lowest BCUT2D eigenvalue weighted by Crippen LogP contribution is -1.89. The number of halogens is 1. The Balaban J connectivity index is 2.54. The molecule has 0 atom stereocenters. The SMILES string of the molecule is Cc1cncc(-c2cc(N)cc(F)c2)c1. The molecule has 1 aromatic heterocycles. The summed E-state index contributed by atoms with van der Waals surface area (Å²) in [5.74, 6) is -0.327. The van der Waals surface area contributed by atoms with Gasteiger partial charge in [-0.25, -0.2) is 4.39 Å². The van der Waals surface area contributed by atoms with Gasteiger partial charge in [0.2, 0.25) is 0 Å². The molecule has 0 aliphatic carbocycles. The van der Waals surface area contributed by atoms with Crippen molar-refractivity contribution in [2.75, 3.05) is 5.73 Å². The van der Waals surface area contributed by atoms with E-state index in [0.717, 1.165) is 16.7 Å². The lowest BCUT2D eigenvalue weighted by atomic mass is 10.1. The molecular weight excluding hydrogens is 191 g/mol. The van der Waals surface area contributed by atoms with Crippen LogP contribution in [0.15, 0.2) is 36.7 Å². The fourth-order valence-electron chi connectivity index (χ4n) is 1.49. The average molecular weight is 202 g/mol. The summed E-state index contributed by atoms with van der Waals surface area (Å²) in [7, 11) is 0. The molecule has 0 aliphatic heterocycles. The molecule has 2 N–H and O–H groups in total. The normalized spacial score (nSPS) is 10.3. The first-order chi connectivity index (χ1) is 7.15. The van der Waals surface area contributed by atoms with Crippen molar-refractivity contribution < 1.29 is 4.39 Å². The van der Waals surface area contributed by atoms with E-state index in [4.69, 9.17) is 5.73 Å². The van der Waals surface area contributed by atoms with Crippen LogP contribution in [0.25, 0.3) is 11.1 Å². The highest BCUT2D eigenvalue weighted by Crippen LogP contribution is 2.22. The number of hydrogen-bond acceptors (Lipinski definition) is 2. The quantitative estimate of drug-likeness (QED) is 0.722. The highest BCUT2D eigenvalue weighted by atomic mass is 19.1. The molecule has 76 valence electrons. The zero-order chi connectivity index (χ0) is 10.8. The van der Waals surface area contributed by atoms with Crippen LogP contribution in [0, 0.1) is 12.7 Å². The molecule has 3 heteroatoms. The first kappa shape index (κ1) is 9.65. The van der Waals surface area contributed by atoms with Crippen LogP contribution in [0.4, 0.5) is 10.1 Å². The van der Waals surface area contributed by atoms with Crippen LogP contribution < -0.4 is 5.73 Å². The lowest BCUT2D eigenvalue weighted by molar-refractivity contribution is 0.629. The lowest BCUT2D eigenvalue weighted by Gasteiger charge is -2.03. The Bertz CT molecular complexity index is 474. The predicted octanol–water partition coefficient (Wildman–Crippen LogP) is 2.78. The first-order valence-electron chi connectivity index (χ1n) is 4.63. The van der Waals surface area contributed by atoms with Crippen LogP contribution in [0.5, 0.6) is 0 Å². The number of aryl methyl sites for hydroxylation is 1. The van der Waals surface area contributed by atoms with Gasteiger partial charge in [0.15, 0.2) is 0 Å². The van der Waals surface area contributed by atoms with Crippen molar-refractivity contribution in [1.29, 1.82) is 0 Å². The van der Waals surface area contributed by atoms with Crippen LogP contribution in [0.1, 0.15) is 5.56 Å². The number of aromatic nitrogens is 1. The highest BCUT2D eigenvalue weighted by molar-refractivity contribution is 5.67. The molecule has 1 aromatic carbocycles. The molecule has 0 aliphatic rings. The third-order valence-electron chi connectivity index (χ3n) is 2.13. The maximum atomic E-state index is 13.1. The second-order valence-electron chi connectivity index (χ2n) is 3.52. The van der Waals surface area contributed by atoms with Gasteiger partial charge in [-0.15, -0.1) is 0 Å². The summed E-state index contributed by atoms with van der Waals surface area (Å²) in [5, 5.41) is 0. The molecule has 0 spiro atoms. The number of nitrogen functional groups attached to an aromatic ring is 1. The summed E-state index contributed by atoms with van der Waals surface area (Å²) in [6.07, 6.45) is 3.45. The van der Waals surface area contributed by atoms with Gasteiger partial charge >= 0.3 is 0 Å². The largest absolute Gasteiger partial charge is 0.399 e. The molecule has 0 bridgehead atoms. The standard InChI is InChI=1S/C12H11FN2/c1-8-2-10(7-15-6-8)9-3-11(13)5-12(14)4-9/h2-7H,14H2,1H3. The van der Waals surface area contributed by atoms with Crippen LogP contribution in [-0.4, -0.2) is 4.98 Å². The Hall–Kier alpha value is -1.90. The van der Waals surface area contributed by atoms with Gasteiger partial charge in [-0.2, -0.15) is 0 Å². The van der Waals surface area contributed by atoms with E-state index in [1.54, 1.807) is 18.5 Å². The molecule has 15 heavy (non-hydrogen) atoms. The molecule has 0 radical (unpaired) electrons. The highest BCUT2D eigenvalue weighted by Gasteiger charge is 2.02. The monoisotopic (exact) mass is 202 g/mol. The number of nitrogens with zero attached hydrogens (tertiary/aromatic N) is 1. The number of hydrogen-bond donors (Lipinski definition) is 1.